The Morgan fingerprint density at radius 3 is 2.47 bits per heavy atom. The zero-order chi connectivity index (χ0) is 12.7. The predicted molar refractivity (Wildman–Crippen MR) is 59.8 cm³/mol. The molecule has 1 rings (SSSR count). The van der Waals surface area contributed by atoms with Crippen LogP contribution in [0.15, 0.2) is 30.3 Å². The SMILES string of the molecule is CC(OC(=O)CCCC(=O)[O-])c1ccccc1. The average molecular weight is 235 g/mol. The van der Waals surface area contributed by atoms with Gasteiger partial charge in [-0.2, -0.15) is 0 Å². The number of hydrogen-bond donors (Lipinski definition) is 0. The molecule has 4 heteroatoms. The van der Waals surface area contributed by atoms with Gasteiger partial charge in [-0.15, -0.1) is 0 Å². The molecule has 0 aliphatic heterocycles. The van der Waals surface area contributed by atoms with E-state index in [-0.39, 0.29) is 31.3 Å². The number of aliphatic carboxylic acids is 1. The summed E-state index contributed by atoms with van der Waals surface area (Å²) in [5, 5.41) is 10.2. The molecule has 1 aromatic carbocycles. The van der Waals surface area contributed by atoms with Crippen LogP contribution < -0.4 is 5.11 Å². The Balaban J connectivity index is 2.34. The molecule has 4 nitrogen and oxygen atoms in total. The third-order valence-corrected chi connectivity index (χ3v) is 2.34. The molecule has 0 saturated heterocycles. The van der Waals surface area contributed by atoms with E-state index in [2.05, 4.69) is 0 Å². The van der Waals surface area contributed by atoms with Gasteiger partial charge in [-0.3, -0.25) is 4.79 Å². The number of carboxylic acids is 1. The highest BCUT2D eigenvalue weighted by molar-refractivity contribution is 5.71. The molecule has 1 atom stereocenters. The van der Waals surface area contributed by atoms with Gasteiger partial charge in [0.2, 0.25) is 0 Å². The highest BCUT2D eigenvalue weighted by Crippen LogP contribution is 2.16. The Labute approximate surface area is 100 Å². The second-order valence-electron chi connectivity index (χ2n) is 3.77. The van der Waals surface area contributed by atoms with E-state index >= 15 is 0 Å². The first-order valence-electron chi connectivity index (χ1n) is 5.54. The van der Waals surface area contributed by atoms with Gasteiger partial charge in [0.1, 0.15) is 6.10 Å². The van der Waals surface area contributed by atoms with Crippen molar-refractivity contribution in [2.75, 3.05) is 0 Å². The van der Waals surface area contributed by atoms with E-state index in [0.717, 1.165) is 5.56 Å². The Bertz CT molecular complexity index is 372. The summed E-state index contributed by atoms with van der Waals surface area (Å²) in [6.07, 6.45) is -0.0745. The van der Waals surface area contributed by atoms with Gasteiger partial charge in [0.05, 0.1) is 0 Å². The maximum atomic E-state index is 11.4. The quantitative estimate of drug-likeness (QED) is 0.695. The number of rotatable bonds is 6. The summed E-state index contributed by atoms with van der Waals surface area (Å²) in [5.74, 6) is -1.53. The van der Waals surface area contributed by atoms with Gasteiger partial charge in [0.15, 0.2) is 0 Å². The maximum absolute atomic E-state index is 11.4. The van der Waals surface area contributed by atoms with Crippen LogP contribution in [0.25, 0.3) is 0 Å². The molecule has 0 aliphatic carbocycles. The second kappa shape index (κ2) is 6.68. The molecule has 0 N–H and O–H groups in total. The molecule has 17 heavy (non-hydrogen) atoms. The number of carbonyl (C=O) groups is 2. The van der Waals surface area contributed by atoms with Crippen LogP contribution in [0.3, 0.4) is 0 Å². The minimum absolute atomic E-state index is 0.102. The van der Waals surface area contributed by atoms with E-state index in [0.29, 0.717) is 0 Å². The standard InChI is InChI=1S/C13H16O4/c1-10(11-6-3-2-4-7-11)17-13(16)9-5-8-12(14)15/h2-4,6-7,10H,5,8-9H2,1H3,(H,14,15)/p-1. The summed E-state index contributed by atoms with van der Waals surface area (Å²) in [7, 11) is 0. The molecule has 0 heterocycles. The molecule has 0 spiro atoms. The van der Waals surface area contributed by atoms with Crippen molar-refractivity contribution in [2.45, 2.75) is 32.3 Å². The minimum Gasteiger partial charge on any atom is -0.550 e. The molecule has 92 valence electrons. The van der Waals surface area contributed by atoms with Gasteiger partial charge < -0.3 is 14.6 Å². The van der Waals surface area contributed by atoms with E-state index in [9.17, 15) is 14.7 Å². The largest absolute Gasteiger partial charge is 0.550 e. The molecule has 1 aromatic rings. The first-order valence-corrected chi connectivity index (χ1v) is 5.54. The normalized spacial score (nSPS) is 11.8. The molecule has 0 aliphatic rings. The molecular weight excluding hydrogens is 220 g/mol. The molecule has 0 amide bonds. The van der Waals surface area contributed by atoms with Crippen molar-refractivity contribution in [3.8, 4) is 0 Å². The van der Waals surface area contributed by atoms with Crippen LogP contribution in [0.1, 0.15) is 37.9 Å². The van der Waals surface area contributed by atoms with Gasteiger partial charge in [-0.1, -0.05) is 30.3 Å². The molecule has 0 bridgehead atoms. The summed E-state index contributed by atoms with van der Waals surface area (Å²) >= 11 is 0. The van der Waals surface area contributed by atoms with Crippen molar-refractivity contribution >= 4 is 11.9 Å². The molecule has 0 fully saturated rings. The van der Waals surface area contributed by atoms with Crippen LogP contribution in [-0.2, 0) is 14.3 Å². The summed E-state index contributed by atoms with van der Waals surface area (Å²) < 4.78 is 5.17. The topological polar surface area (TPSA) is 66.4 Å². The number of ether oxygens (including phenoxy) is 1. The fraction of sp³-hybridized carbons (Fsp3) is 0.385. The Hall–Kier alpha value is -1.84. The number of carbonyl (C=O) groups excluding carboxylic acids is 2. The molecule has 0 saturated carbocycles. The van der Waals surface area contributed by atoms with Crippen LogP contribution in [0, 0.1) is 0 Å². The lowest BCUT2D eigenvalue weighted by atomic mass is 10.1. The summed E-state index contributed by atoms with van der Waals surface area (Å²) in [5.41, 5.74) is 0.917. The maximum Gasteiger partial charge on any atom is 0.306 e. The van der Waals surface area contributed by atoms with E-state index in [1.54, 1.807) is 6.92 Å². The molecule has 1 unspecified atom stereocenters. The monoisotopic (exact) mass is 235 g/mol. The van der Waals surface area contributed by atoms with Gasteiger partial charge in [0, 0.05) is 12.4 Å². The van der Waals surface area contributed by atoms with E-state index in [1.807, 2.05) is 30.3 Å². The summed E-state index contributed by atoms with van der Waals surface area (Å²) in [6, 6.07) is 9.38. The lowest BCUT2D eigenvalue weighted by molar-refractivity contribution is -0.305. The Morgan fingerprint density at radius 2 is 1.88 bits per heavy atom. The fourth-order valence-electron chi connectivity index (χ4n) is 1.43. The van der Waals surface area contributed by atoms with Gasteiger partial charge in [-0.25, -0.2) is 0 Å². The number of hydrogen-bond acceptors (Lipinski definition) is 4. The zero-order valence-electron chi connectivity index (χ0n) is 9.72. The molecule has 0 radical (unpaired) electrons. The number of carboxylic acid groups (broad SMARTS) is 1. The number of esters is 1. The average Bonchev–Trinajstić information content (AvgIpc) is 2.29. The first-order chi connectivity index (χ1) is 8.09. The van der Waals surface area contributed by atoms with E-state index in [4.69, 9.17) is 4.74 Å². The van der Waals surface area contributed by atoms with Crippen LogP contribution in [0.5, 0.6) is 0 Å². The van der Waals surface area contributed by atoms with Crippen molar-refractivity contribution in [2.24, 2.45) is 0 Å². The summed E-state index contributed by atoms with van der Waals surface area (Å²) in [6.45, 7) is 1.78. The van der Waals surface area contributed by atoms with Crippen LogP contribution in [-0.4, -0.2) is 11.9 Å². The highest BCUT2D eigenvalue weighted by atomic mass is 16.5. The van der Waals surface area contributed by atoms with Gasteiger partial charge in [-0.05, 0) is 25.3 Å². The van der Waals surface area contributed by atoms with Gasteiger partial charge in [0.25, 0.3) is 0 Å². The number of benzene rings is 1. The van der Waals surface area contributed by atoms with Crippen molar-refractivity contribution < 1.29 is 19.4 Å². The second-order valence-corrected chi connectivity index (χ2v) is 3.77. The van der Waals surface area contributed by atoms with E-state index < -0.39 is 5.97 Å². The van der Waals surface area contributed by atoms with Crippen molar-refractivity contribution in [3.05, 3.63) is 35.9 Å². The Morgan fingerprint density at radius 1 is 1.24 bits per heavy atom. The third kappa shape index (κ3) is 5.15. The van der Waals surface area contributed by atoms with Crippen molar-refractivity contribution in [3.63, 3.8) is 0 Å². The minimum atomic E-state index is -1.14. The van der Waals surface area contributed by atoms with Crippen LogP contribution in [0.2, 0.25) is 0 Å². The van der Waals surface area contributed by atoms with Crippen molar-refractivity contribution in [1.29, 1.82) is 0 Å². The predicted octanol–water partition coefficient (Wildman–Crippen LogP) is 1.21. The van der Waals surface area contributed by atoms with Crippen LogP contribution in [0.4, 0.5) is 0 Å². The fourth-order valence-corrected chi connectivity index (χ4v) is 1.43. The third-order valence-electron chi connectivity index (χ3n) is 2.34. The van der Waals surface area contributed by atoms with Crippen LogP contribution >= 0.6 is 0 Å². The lowest BCUT2D eigenvalue weighted by Gasteiger charge is -2.13. The molecular formula is C13H15O4-. The summed E-state index contributed by atoms with van der Waals surface area (Å²) in [4.78, 5) is 21.5. The van der Waals surface area contributed by atoms with E-state index in [1.165, 1.54) is 0 Å². The Kier molecular flexibility index (Phi) is 5.20. The lowest BCUT2D eigenvalue weighted by Crippen LogP contribution is -2.22. The molecule has 0 aromatic heterocycles. The van der Waals surface area contributed by atoms with Gasteiger partial charge >= 0.3 is 5.97 Å². The first kappa shape index (κ1) is 13.2. The zero-order valence-corrected chi connectivity index (χ0v) is 9.72. The smallest absolute Gasteiger partial charge is 0.306 e. The highest BCUT2D eigenvalue weighted by Gasteiger charge is 2.10. The van der Waals surface area contributed by atoms with Crippen molar-refractivity contribution in [1.82, 2.24) is 0 Å².